The van der Waals surface area contributed by atoms with Crippen LogP contribution in [0.15, 0.2) is 59.1 Å². The number of likely N-dealkylation sites (N-methyl/N-ethyl adjacent to an activating group) is 1. The Morgan fingerprint density at radius 2 is 1.90 bits per heavy atom. The summed E-state index contributed by atoms with van der Waals surface area (Å²) in [7, 11) is 1.64. The number of hydrogen-bond donors (Lipinski definition) is 0. The van der Waals surface area contributed by atoms with E-state index in [9.17, 15) is 19.1 Å². The maximum atomic E-state index is 13.2. The largest absolute Gasteiger partial charge is 0.539 e. The van der Waals surface area contributed by atoms with Gasteiger partial charge in [0.15, 0.2) is 5.95 Å². The molecule has 1 aromatic heterocycles. The number of aromatic nitrogens is 2. The van der Waals surface area contributed by atoms with E-state index in [1.54, 1.807) is 36.2 Å². The molecular formula is C20H17FN4O4. The highest BCUT2D eigenvalue weighted by Gasteiger charge is 2.42. The number of rotatable bonds is 5. The fraction of sp³-hybridized carbons (Fsp3) is 0.200. The average molecular weight is 396 g/mol. The molecule has 0 N–H and O–H groups in total. The summed E-state index contributed by atoms with van der Waals surface area (Å²) in [6, 6.07) is 13.4. The van der Waals surface area contributed by atoms with Crippen LogP contribution in [0.25, 0.3) is 5.69 Å². The molecule has 1 aliphatic heterocycles. The molecule has 0 aliphatic carbocycles. The van der Waals surface area contributed by atoms with Gasteiger partial charge in [-0.05, 0) is 36.0 Å². The van der Waals surface area contributed by atoms with Gasteiger partial charge in [-0.2, -0.15) is 0 Å². The molecule has 0 saturated carbocycles. The highest BCUT2D eigenvalue weighted by atomic mass is 19.1. The van der Waals surface area contributed by atoms with Crippen molar-refractivity contribution in [2.75, 3.05) is 11.9 Å². The molecule has 8 nitrogen and oxygen atoms in total. The molecule has 3 aromatic rings. The molecule has 2 amide bonds. The van der Waals surface area contributed by atoms with E-state index in [2.05, 4.69) is 5.27 Å². The highest BCUT2D eigenvalue weighted by Crippen LogP contribution is 2.26. The monoisotopic (exact) mass is 396 g/mol. The number of halogens is 1. The van der Waals surface area contributed by atoms with Crippen LogP contribution in [0.5, 0.6) is 5.95 Å². The summed E-state index contributed by atoms with van der Waals surface area (Å²) >= 11 is 0. The number of carbonyl (C=O) groups excluding carboxylic acids is 2. The number of hydrogen-bond acceptors (Lipinski definition) is 6. The van der Waals surface area contributed by atoms with Crippen LogP contribution in [0, 0.1) is 5.82 Å². The minimum atomic E-state index is -0.758. The van der Waals surface area contributed by atoms with Gasteiger partial charge in [-0.25, -0.2) is 9.29 Å². The Morgan fingerprint density at radius 1 is 1.21 bits per heavy atom. The predicted octanol–water partition coefficient (Wildman–Crippen LogP) is 0.928. The van der Waals surface area contributed by atoms with Gasteiger partial charge < -0.3 is 9.63 Å². The fourth-order valence-electron chi connectivity index (χ4n) is 3.34. The Hall–Kier alpha value is -3.59. The molecule has 1 aliphatic rings. The van der Waals surface area contributed by atoms with Crippen LogP contribution in [-0.4, -0.2) is 35.1 Å². The summed E-state index contributed by atoms with van der Waals surface area (Å²) in [5.74, 6) is -1.89. The maximum absolute atomic E-state index is 13.2. The Labute approximate surface area is 165 Å². The van der Waals surface area contributed by atoms with Crippen LogP contribution >= 0.6 is 0 Å². The molecule has 2 heterocycles. The van der Waals surface area contributed by atoms with Crippen molar-refractivity contribution in [1.82, 2.24) is 10.2 Å². The first-order chi connectivity index (χ1) is 14.0. The van der Waals surface area contributed by atoms with E-state index in [1.165, 1.54) is 28.9 Å². The van der Waals surface area contributed by atoms with Crippen molar-refractivity contribution in [3.63, 3.8) is 0 Å². The van der Waals surface area contributed by atoms with E-state index >= 15 is 0 Å². The second-order valence-electron chi connectivity index (χ2n) is 6.73. The van der Waals surface area contributed by atoms with Gasteiger partial charge in [-0.3, -0.25) is 14.5 Å². The predicted molar refractivity (Wildman–Crippen MR) is 96.2 cm³/mol. The number of anilines is 1. The lowest BCUT2D eigenvalue weighted by atomic mass is 10.2. The van der Waals surface area contributed by atoms with Crippen molar-refractivity contribution in [3.05, 3.63) is 66.1 Å². The minimum Gasteiger partial charge on any atom is -0.539 e. The molecule has 1 saturated heterocycles. The summed E-state index contributed by atoms with van der Waals surface area (Å²) in [4.78, 5) is 27.9. The first kappa shape index (κ1) is 18.8. The van der Waals surface area contributed by atoms with Gasteiger partial charge in [-0.1, -0.05) is 18.2 Å². The smallest absolute Gasteiger partial charge is 0.254 e. The van der Waals surface area contributed by atoms with Crippen LogP contribution in [0.3, 0.4) is 0 Å². The van der Waals surface area contributed by atoms with E-state index in [-0.39, 0.29) is 24.6 Å². The minimum absolute atomic E-state index is 0.0441. The van der Waals surface area contributed by atoms with Crippen molar-refractivity contribution >= 4 is 17.5 Å². The van der Waals surface area contributed by atoms with E-state index in [0.29, 0.717) is 11.4 Å². The van der Waals surface area contributed by atoms with Crippen LogP contribution in [0.4, 0.5) is 10.1 Å². The maximum Gasteiger partial charge on any atom is 0.254 e. The van der Waals surface area contributed by atoms with Crippen LogP contribution in [-0.2, 0) is 16.1 Å². The number of carbonyl (C=O) groups is 2. The molecule has 1 atom stereocenters. The molecule has 29 heavy (non-hydrogen) atoms. The Balaban J connectivity index is 1.56. The third kappa shape index (κ3) is 3.47. The summed E-state index contributed by atoms with van der Waals surface area (Å²) in [5.41, 5.74) is 1.19. The second kappa shape index (κ2) is 7.44. The second-order valence-corrected chi connectivity index (χ2v) is 6.73. The van der Waals surface area contributed by atoms with Crippen LogP contribution in [0.2, 0.25) is 0 Å². The SMILES string of the molecule is CN(Cc1c([O-])on[n+]1-c1ccccc1)C1CC(=O)N(c2ccc(F)cc2)C1=O. The van der Waals surface area contributed by atoms with Crippen LogP contribution in [0.1, 0.15) is 12.1 Å². The van der Waals surface area contributed by atoms with Gasteiger partial charge in [0, 0.05) is 12.1 Å². The van der Waals surface area contributed by atoms with Gasteiger partial charge in [0.05, 0.1) is 30.0 Å². The number of imide groups is 1. The zero-order valence-corrected chi connectivity index (χ0v) is 15.5. The number of amides is 2. The molecular weight excluding hydrogens is 379 g/mol. The zero-order chi connectivity index (χ0) is 20.5. The van der Waals surface area contributed by atoms with Gasteiger partial charge in [0.25, 0.3) is 11.6 Å². The van der Waals surface area contributed by atoms with Crippen molar-refractivity contribution in [3.8, 4) is 11.6 Å². The summed E-state index contributed by atoms with van der Waals surface area (Å²) in [6.45, 7) is 0.0537. The molecule has 148 valence electrons. The molecule has 0 bridgehead atoms. The number of nitrogens with zero attached hydrogens (tertiary/aromatic N) is 4. The Morgan fingerprint density at radius 3 is 2.59 bits per heavy atom. The van der Waals surface area contributed by atoms with E-state index in [1.807, 2.05) is 6.07 Å². The molecule has 0 radical (unpaired) electrons. The average Bonchev–Trinajstić information content (AvgIpc) is 3.23. The van der Waals surface area contributed by atoms with Crippen molar-refractivity contribution in [2.24, 2.45) is 0 Å². The molecule has 1 fully saturated rings. The zero-order valence-electron chi connectivity index (χ0n) is 15.5. The quantitative estimate of drug-likeness (QED) is 0.471. The fourth-order valence-corrected chi connectivity index (χ4v) is 3.34. The first-order valence-electron chi connectivity index (χ1n) is 8.91. The first-order valence-corrected chi connectivity index (χ1v) is 8.91. The van der Waals surface area contributed by atoms with Crippen molar-refractivity contribution in [2.45, 2.75) is 19.0 Å². The van der Waals surface area contributed by atoms with E-state index in [0.717, 1.165) is 4.90 Å². The van der Waals surface area contributed by atoms with Crippen molar-refractivity contribution < 1.29 is 28.3 Å². The number of para-hydroxylation sites is 1. The molecule has 2 aromatic carbocycles. The lowest BCUT2D eigenvalue weighted by molar-refractivity contribution is -0.678. The third-order valence-electron chi connectivity index (χ3n) is 4.84. The van der Waals surface area contributed by atoms with Crippen molar-refractivity contribution in [1.29, 1.82) is 0 Å². The Bertz CT molecular complexity index is 1050. The summed E-state index contributed by atoms with van der Waals surface area (Å²) in [6.07, 6.45) is -0.0441. The molecule has 1 unspecified atom stereocenters. The van der Waals surface area contributed by atoms with E-state index < -0.39 is 23.7 Å². The van der Waals surface area contributed by atoms with Gasteiger partial charge in [-0.15, -0.1) is 0 Å². The standard InChI is InChI=1S/C20H17FN4O4/c1-23(12-17-20(28)29-22-25(17)15-5-3-2-4-6-15)16-11-18(26)24(19(16)27)14-9-7-13(21)8-10-14/h2-10,16H,11-12H2,1H3. The van der Waals surface area contributed by atoms with Crippen LogP contribution < -0.4 is 14.7 Å². The van der Waals surface area contributed by atoms with Gasteiger partial charge in [0.2, 0.25) is 11.6 Å². The third-order valence-corrected chi connectivity index (χ3v) is 4.84. The lowest BCUT2D eigenvalue weighted by Gasteiger charge is -2.21. The Kier molecular flexibility index (Phi) is 4.81. The number of benzene rings is 2. The topological polar surface area (TPSA) is 93.6 Å². The summed E-state index contributed by atoms with van der Waals surface area (Å²) in [5, 5.41) is 15.9. The normalized spacial score (nSPS) is 16.8. The van der Waals surface area contributed by atoms with Gasteiger partial charge >= 0.3 is 0 Å². The lowest BCUT2D eigenvalue weighted by Crippen LogP contribution is -2.44. The van der Waals surface area contributed by atoms with Gasteiger partial charge in [0.1, 0.15) is 5.82 Å². The van der Waals surface area contributed by atoms with E-state index in [4.69, 9.17) is 4.52 Å². The molecule has 0 spiro atoms. The highest BCUT2D eigenvalue weighted by molar-refractivity contribution is 6.22. The summed E-state index contributed by atoms with van der Waals surface area (Å²) < 4.78 is 19.3. The molecule has 9 heteroatoms. The molecule has 4 rings (SSSR count).